The molecule has 23 nitrogen and oxygen atoms in total. The summed E-state index contributed by atoms with van der Waals surface area (Å²) in [7, 11) is 0. The fourth-order valence-corrected chi connectivity index (χ4v) is 12.2. The van der Waals surface area contributed by atoms with Crippen LogP contribution in [-0.4, -0.2) is 184 Å². The van der Waals surface area contributed by atoms with Crippen LogP contribution in [0, 0.1) is 13.8 Å². The number of pyridine rings is 2. The van der Waals surface area contributed by atoms with Crippen LogP contribution in [0.15, 0.2) is 73.6 Å². The molecule has 8 aromatic rings. The molecule has 1 unspecified atom stereocenters. The summed E-state index contributed by atoms with van der Waals surface area (Å²) in [4.78, 5) is 69.4. The van der Waals surface area contributed by atoms with Gasteiger partial charge in [0.15, 0.2) is 17.9 Å². The lowest BCUT2D eigenvalue weighted by Gasteiger charge is -2.35. The van der Waals surface area contributed by atoms with Crippen LogP contribution in [0.1, 0.15) is 145 Å². The maximum absolute atomic E-state index is 13.5. The van der Waals surface area contributed by atoms with Crippen molar-refractivity contribution in [2.24, 2.45) is 0 Å². The van der Waals surface area contributed by atoms with Gasteiger partial charge in [-0.25, -0.2) is 19.4 Å². The Kier molecular flexibility index (Phi) is 21.1. The zero-order chi connectivity index (χ0) is 64.7. The second-order valence-electron chi connectivity index (χ2n) is 25.5. The number of carbonyl (C=O) groups excluding carboxylic acids is 3. The summed E-state index contributed by atoms with van der Waals surface area (Å²) >= 11 is 0. The van der Waals surface area contributed by atoms with Crippen LogP contribution in [0.3, 0.4) is 0 Å². The second-order valence-corrected chi connectivity index (χ2v) is 25.5. The van der Waals surface area contributed by atoms with E-state index in [1.807, 2.05) is 101 Å². The van der Waals surface area contributed by atoms with E-state index in [4.69, 9.17) is 28.8 Å². The van der Waals surface area contributed by atoms with Crippen molar-refractivity contribution in [2.45, 2.75) is 171 Å². The first-order valence-electron chi connectivity index (χ1n) is 32.2. The van der Waals surface area contributed by atoms with Crippen LogP contribution in [0.4, 0.5) is 4.79 Å². The third kappa shape index (κ3) is 15.9. The van der Waals surface area contributed by atoms with Crippen molar-refractivity contribution in [3.63, 3.8) is 0 Å². The summed E-state index contributed by atoms with van der Waals surface area (Å²) in [5.74, 6) is 0.887. The van der Waals surface area contributed by atoms with Crippen molar-refractivity contribution < 1.29 is 38.1 Å². The maximum atomic E-state index is 13.5. The summed E-state index contributed by atoms with van der Waals surface area (Å²) < 4.78 is 30.8. The van der Waals surface area contributed by atoms with Gasteiger partial charge in [0, 0.05) is 106 Å². The van der Waals surface area contributed by atoms with Crippen LogP contribution in [-0.2, 0) is 36.8 Å². The number of hydrogen-bond donors (Lipinski definition) is 5. The molecule has 23 heteroatoms. The first kappa shape index (κ1) is 66.0. The summed E-state index contributed by atoms with van der Waals surface area (Å²) in [6.45, 7) is 33.4. The minimum Gasteiger partial charge on any atom is -0.444 e. The van der Waals surface area contributed by atoms with Gasteiger partial charge in [0.05, 0.1) is 66.6 Å². The molecule has 0 bridgehead atoms. The molecule has 5 N–H and O–H groups in total. The molecule has 3 amide bonds. The summed E-state index contributed by atoms with van der Waals surface area (Å²) in [6.07, 6.45) is 13.8. The van der Waals surface area contributed by atoms with E-state index in [0.717, 1.165) is 101 Å². The van der Waals surface area contributed by atoms with Gasteiger partial charge in [0.1, 0.15) is 28.4 Å². The molecule has 486 valence electrons. The fourth-order valence-electron chi connectivity index (χ4n) is 12.2. The zero-order valence-electron chi connectivity index (χ0n) is 55.1. The maximum Gasteiger partial charge on any atom is 0.410 e. The van der Waals surface area contributed by atoms with E-state index in [9.17, 15) is 14.4 Å². The van der Waals surface area contributed by atoms with Gasteiger partial charge in [-0.1, -0.05) is 19.1 Å². The largest absolute Gasteiger partial charge is 0.444 e. The van der Waals surface area contributed by atoms with Crippen molar-refractivity contribution in [3.8, 4) is 45.3 Å². The van der Waals surface area contributed by atoms with Crippen LogP contribution >= 0.6 is 0 Å². The predicted octanol–water partition coefficient (Wildman–Crippen LogP) is 10.6. The number of H-pyrrole nitrogens is 3. The average Bonchev–Trinajstić information content (AvgIpc) is 1.68. The van der Waals surface area contributed by atoms with Crippen LogP contribution in [0.5, 0.6) is 0 Å². The molecule has 4 fully saturated rings. The number of ether oxygens (including phenoxy) is 5. The Morgan fingerprint density at radius 1 is 0.681 bits per heavy atom. The minimum atomic E-state index is -0.582. The average molecular weight is 1250 g/mol. The number of aromatic amines is 3. The first-order valence-corrected chi connectivity index (χ1v) is 32.2. The van der Waals surface area contributed by atoms with E-state index in [-0.39, 0.29) is 48.6 Å². The highest BCUT2D eigenvalue weighted by molar-refractivity contribution is 5.98. The lowest BCUT2D eigenvalue weighted by molar-refractivity contribution is -0.0587. The third-order valence-electron chi connectivity index (χ3n) is 16.7. The molecule has 91 heavy (non-hydrogen) atoms. The van der Waals surface area contributed by atoms with Gasteiger partial charge >= 0.3 is 6.09 Å². The zero-order valence-corrected chi connectivity index (χ0v) is 55.1. The molecule has 4 aliphatic heterocycles. The molecule has 0 spiro atoms. The number of nitrogens with one attached hydrogen (secondary N) is 5. The normalized spacial score (nSPS) is 21.2. The number of imidazole rings is 2. The number of nitrogens with zero attached hydrogens (tertiary/aromatic N) is 10. The van der Waals surface area contributed by atoms with Gasteiger partial charge in [-0.15, -0.1) is 0 Å². The molecule has 4 aliphatic rings. The van der Waals surface area contributed by atoms with Crippen molar-refractivity contribution in [3.05, 3.63) is 107 Å². The van der Waals surface area contributed by atoms with Gasteiger partial charge < -0.3 is 59.0 Å². The lowest BCUT2D eigenvalue weighted by Crippen LogP contribution is -2.48. The number of fused-ring (bicyclic) bond motifs is 2. The molecule has 2 aromatic carbocycles. The highest BCUT2D eigenvalue weighted by atomic mass is 16.6. The van der Waals surface area contributed by atoms with E-state index in [1.165, 1.54) is 11.1 Å². The number of amides is 3. The van der Waals surface area contributed by atoms with Gasteiger partial charge in [-0.2, -0.15) is 10.2 Å². The van der Waals surface area contributed by atoms with E-state index in [0.29, 0.717) is 92.5 Å². The smallest absolute Gasteiger partial charge is 0.410 e. The number of hydrogen-bond acceptors (Lipinski definition) is 16. The van der Waals surface area contributed by atoms with E-state index in [2.05, 4.69) is 116 Å². The molecular weight excluding hydrogens is 1150 g/mol. The van der Waals surface area contributed by atoms with E-state index in [1.54, 1.807) is 17.3 Å². The molecule has 6 aromatic heterocycles. The molecule has 0 radical (unpaired) electrons. The Bertz CT molecular complexity index is 3780. The van der Waals surface area contributed by atoms with Crippen molar-refractivity contribution in [1.29, 1.82) is 0 Å². The van der Waals surface area contributed by atoms with Gasteiger partial charge in [0.25, 0.3) is 11.8 Å². The topological polar surface area (TPSA) is 261 Å². The fraction of sp³-hybridized carbons (Fsp3) is 0.515. The van der Waals surface area contributed by atoms with Gasteiger partial charge in [-0.3, -0.25) is 24.7 Å². The molecule has 0 saturated carbocycles. The molecule has 10 heterocycles. The van der Waals surface area contributed by atoms with Crippen molar-refractivity contribution in [1.82, 2.24) is 75.2 Å². The Labute approximate surface area is 533 Å². The van der Waals surface area contributed by atoms with Crippen molar-refractivity contribution in [2.75, 3.05) is 59.0 Å². The Morgan fingerprint density at radius 3 is 1.77 bits per heavy atom. The molecule has 7 atom stereocenters. The highest BCUT2D eigenvalue weighted by Gasteiger charge is 2.31. The molecular formula is C68H91N15O8. The molecule has 0 aliphatic carbocycles. The third-order valence-corrected chi connectivity index (χ3v) is 16.7. The summed E-state index contributed by atoms with van der Waals surface area (Å²) in [6, 6.07) is 12.4. The van der Waals surface area contributed by atoms with Crippen LogP contribution < -0.4 is 10.6 Å². The van der Waals surface area contributed by atoms with Crippen LogP contribution in [0.2, 0.25) is 0 Å². The SMILES string of the molecule is CCN(Cc1cncc(-c2ccc3c(c2)c(-c2ncc(C(=O)N4C[C@@H](C)O[C@@H](C)C4)[nH]2)nn3C2CCCCO2)c1C)C(=O)OC(C)(C)C.CCNCc1cncc(-c2ccc3[nH]nc(-c4ncc(C(=O)N5C[C@@H](C)O[C@@H](C)C5)[nH]4)c3c2)c1C.C[C@@H]1CNC[C@H](C)O1. The second kappa shape index (κ2) is 29.1. The molecule has 12 rings (SSSR count). The monoisotopic (exact) mass is 1250 g/mol. The van der Waals surface area contributed by atoms with E-state index >= 15 is 0 Å². The van der Waals surface area contributed by atoms with Crippen molar-refractivity contribution >= 4 is 39.7 Å². The number of benzene rings is 2. The predicted molar refractivity (Wildman–Crippen MR) is 350 cm³/mol. The Morgan fingerprint density at radius 2 is 1.23 bits per heavy atom. The standard InChI is InChI=1S/C36H47N7O5.C26H31N7O2.C6H13NO/c1-8-41(35(45)48-36(5,6)7)21-26-16-37-17-28(24(26)4)25-12-13-30-27(15-25)32(40-43(30)31-11-9-10-14-46-31)33-38-18-29(39-33)34(44)42-19-22(2)47-23(3)20-42;1-5-27-9-19-10-28-11-21(17(19)4)18-6-7-22-20(8-18)24(32-31-22)25-29-12-23(30-25)26(34)33-13-15(2)35-16(3)14-33;1-5-3-7-4-6(2)8-5/h12-13,15-18,22-23,31H,8-11,14,19-21H2,1-7H3,(H,38,39);6-8,10-12,15-16,27H,5,9,13-14H2,1-4H3,(H,29,30)(H,31,32);5-7H,3-4H2,1-2H3/t22-,23+,31?;15-,16+;5-,6+. The molecule has 4 saturated heterocycles. The Balaban J connectivity index is 0.000000184. The lowest BCUT2D eigenvalue weighted by atomic mass is 9.97. The minimum absolute atomic E-state index is 0.00741. The first-order chi connectivity index (χ1) is 43.6. The number of aromatic nitrogens is 10. The van der Waals surface area contributed by atoms with E-state index < -0.39 is 5.60 Å². The van der Waals surface area contributed by atoms with Crippen LogP contribution in [0.25, 0.3) is 67.1 Å². The van der Waals surface area contributed by atoms with Gasteiger partial charge in [0.2, 0.25) is 0 Å². The quantitative estimate of drug-likeness (QED) is 0.0719. The number of morpholine rings is 3. The highest BCUT2D eigenvalue weighted by Crippen LogP contribution is 2.37. The Hall–Kier alpha value is -7.93. The summed E-state index contributed by atoms with van der Waals surface area (Å²) in [5.41, 5.74) is 11.8. The number of carbonyl (C=O) groups is 3. The number of rotatable bonds is 13. The summed E-state index contributed by atoms with van der Waals surface area (Å²) in [5, 5.41) is 21.1. The van der Waals surface area contributed by atoms with Gasteiger partial charge in [-0.05, 0) is 167 Å².